The first-order valence-corrected chi connectivity index (χ1v) is 7.95. The number of rotatable bonds is 5. The largest absolute Gasteiger partial charge is 0.362 e. The van der Waals surface area contributed by atoms with Gasteiger partial charge in [0.2, 0.25) is 0 Å². The van der Waals surface area contributed by atoms with Crippen LogP contribution >= 0.6 is 11.3 Å². The Bertz CT molecular complexity index is 687. The third kappa shape index (κ3) is 3.63. The van der Waals surface area contributed by atoms with E-state index in [1.165, 1.54) is 12.1 Å². The van der Waals surface area contributed by atoms with Crippen LogP contribution in [0.3, 0.4) is 0 Å². The summed E-state index contributed by atoms with van der Waals surface area (Å²) in [6, 6.07) is 2.73. The third-order valence-corrected chi connectivity index (χ3v) is 4.02. The zero-order chi connectivity index (χ0) is 14.8. The van der Waals surface area contributed by atoms with Crippen molar-refractivity contribution < 1.29 is 17.2 Å². The van der Waals surface area contributed by atoms with Gasteiger partial charge in [-0.25, -0.2) is 17.2 Å². The van der Waals surface area contributed by atoms with Gasteiger partial charge in [0.1, 0.15) is 10.8 Å². The average Bonchev–Trinajstić information content (AvgIpc) is 2.85. The minimum Gasteiger partial charge on any atom is -0.362 e. The Morgan fingerprint density at radius 3 is 2.50 bits per heavy atom. The molecule has 0 radical (unpaired) electrons. The summed E-state index contributed by atoms with van der Waals surface area (Å²) in [7, 11) is -3.40. The molecule has 20 heavy (non-hydrogen) atoms. The molecule has 2 aromatic heterocycles. The molecule has 2 aromatic rings. The summed E-state index contributed by atoms with van der Waals surface area (Å²) < 4.78 is 47.0. The van der Waals surface area contributed by atoms with Crippen LogP contribution in [0.15, 0.2) is 17.2 Å². The second kappa shape index (κ2) is 5.71. The molecule has 0 saturated heterocycles. The Kier molecular flexibility index (Phi) is 4.18. The Hall–Kier alpha value is -1.75. The van der Waals surface area contributed by atoms with Gasteiger partial charge in [-0.2, -0.15) is 0 Å². The van der Waals surface area contributed by atoms with Crippen molar-refractivity contribution in [2.24, 2.45) is 0 Å². The quantitative estimate of drug-likeness (QED) is 0.885. The van der Waals surface area contributed by atoms with E-state index in [0.717, 1.165) is 17.6 Å². The zero-order valence-electron chi connectivity index (χ0n) is 10.1. The topological polar surface area (TPSA) is 97.7 Å². The summed E-state index contributed by atoms with van der Waals surface area (Å²) in [5.74, 6) is 0.311. The van der Waals surface area contributed by atoms with Crippen LogP contribution in [0.4, 0.5) is 14.6 Å². The van der Waals surface area contributed by atoms with Crippen molar-refractivity contribution in [3.05, 3.63) is 22.1 Å². The van der Waals surface area contributed by atoms with Gasteiger partial charge < -0.3 is 5.32 Å². The molecule has 0 bridgehead atoms. The van der Waals surface area contributed by atoms with Gasteiger partial charge in [0.05, 0.1) is 6.54 Å². The van der Waals surface area contributed by atoms with Crippen LogP contribution in [-0.2, 0) is 16.4 Å². The molecule has 108 valence electrons. The first-order chi connectivity index (χ1) is 9.36. The van der Waals surface area contributed by atoms with Crippen LogP contribution in [-0.4, -0.2) is 35.1 Å². The van der Waals surface area contributed by atoms with Gasteiger partial charge in [-0.15, -0.1) is 20.4 Å². The lowest BCUT2D eigenvalue weighted by molar-refractivity contribution is 0.150. The van der Waals surface area contributed by atoms with Gasteiger partial charge in [0, 0.05) is 6.26 Å². The number of alkyl halides is 2. The fourth-order valence-electron chi connectivity index (χ4n) is 1.20. The van der Waals surface area contributed by atoms with Gasteiger partial charge in [-0.1, -0.05) is 11.3 Å². The number of nitrogens with one attached hydrogen (secondary N) is 1. The van der Waals surface area contributed by atoms with Crippen LogP contribution in [0.1, 0.15) is 16.4 Å². The maximum absolute atomic E-state index is 12.3. The van der Waals surface area contributed by atoms with Crippen LogP contribution in [0, 0.1) is 0 Å². The highest BCUT2D eigenvalue weighted by Crippen LogP contribution is 2.22. The molecule has 1 N–H and O–H groups in total. The van der Waals surface area contributed by atoms with E-state index >= 15 is 0 Å². The smallest absolute Gasteiger partial charge is 0.291 e. The lowest BCUT2D eigenvalue weighted by Crippen LogP contribution is -2.06. The second-order valence-corrected chi connectivity index (χ2v) is 6.77. The summed E-state index contributed by atoms with van der Waals surface area (Å²) in [4.78, 5) is 0. The number of nitrogens with zero attached hydrogens (tertiary/aromatic N) is 4. The van der Waals surface area contributed by atoms with Crippen molar-refractivity contribution >= 4 is 27.0 Å². The van der Waals surface area contributed by atoms with E-state index in [1.54, 1.807) is 0 Å². The maximum atomic E-state index is 12.3. The second-order valence-electron chi connectivity index (χ2n) is 3.72. The number of hydrogen-bond donors (Lipinski definition) is 1. The van der Waals surface area contributed by atoms with Gasteiger partial charge in [-0.3, -0.25) is 0 Å². The molecule has 0 atom stereocenters. The molecule has 0 spiro atoms. The van der Waals surface area contributed by atoms with Crippen molar-refractivity contribution in [1.29, 1.82) is 0 Å². The van der Waals surface area contributed by atoms with E-state index in [1.807, 2.05) is 0 Å². The van der Waals surface area contributed by atoms with Crippen LogP contribution in [0.5, 0.6) is 0 Å². The van der Waals surface area contributed by atoms with E-state index in [9.17, 15) is 17.2 Å². The van der Waals surface area contributed by atoms with Crippen LogP contribution < -0.4 is 5.32 Å². The van der Waals surface area contributed by atoms with E-state index in [0.29, 0.717) is 10.8 Å². The SMILES string of the molecule is CS(=O)(=O)c1ccc(NCc2nnc(C(F)F)s2)nn1. The average molecular weight is 321 g/mol. The minimum atomic E-state index is -3.40. The van der Waals surface area contributed by atoms with Crippen molar-refractivity contribution in [3.63, 3.8) is 0 Å². The fourth-order valence-corrected chi connectivity index (χ4v) is 2.35. The van der Waals surface area contributed by atoms with Crippen LogP contribution in [0.2, 0.25) is 0 Å². The monoisotopic (exact) mass is 321 g/mol. The first-order valence-electron chi connectivity index (χ1n) is 5.24. The molecule has 0 aromatic carbocycles. The van der Waals surface area contributed by atoms with Gasteiger partial charge >= 0.3 is 0 Å². The predicted octanol–water partition coefficient (Wildman–Crippen LogP) is 1.28. The Labute approximate surface area is 117 Å². The molecule has 11 heteroatoms. The van der Waals surface area contributed by atoms with Crippen molar-refractivity contribution in [2.45, 2.75) is 18.0 Å². The van der Waals surface area contributed by atoms with Gasteiger partial charge in [-0.05, 0) is 12.1 Å². The molecule has 7 nitrogen and oxygen atoms in total. The van der Waals surface area contributed by atoms with Gasteiger partial charge in [0.15, 0.2) is 19.9 Å². The normalized spacial score (nSPS) is 11.8. The number of halogens is 2. The Morgan fingerprint density at radius 1 is 1.25 bits per heavy atom. The third-order valence-electron chi connectivity index (χ3n) is 2.11. The molecule has 0 aliphatic rings. The summed E-state index contributed by atoms with van der Waals surface area (Å²) >= 11 is 0.789. The minimum absolute atomic E-state index is 0.140. The number of hydrogen-bond acceptors (Lipinski definition) is 8. The molecule has 0 fully saturated rings. The first kappa shape index (κ1) is 14.7. The predicted molar refractivity (Wildman–Crippen MR) is 67.3 cm³/mol. The van der Waals surface area contributed by atoms with Crippen molar-refractivity contribution in [2.75, 3.05) is 11.6 Å². The van der Waals surface area contributed by atoms with Crippen molar-refractivity contribution in [1.82, 2.24) is 20.4 Å². The van der Waals surface area contributed by atoms with E-state index in [4.69, 9.17) is 0 Å². The fraction of sp³-hybridized carbons (Fsp3) is 0.333. The van der Waals surface area contributed by atoms with Crippen LogP contribution in [0.25, 0.3) is 0 Å². The molecule has 2 heterocycles. The molecule has 0 saturated carbocycles. The highest BCUT2D eigenvalue weighted by Gasteiger charge is 2.14. The van der Waals surface area contributed by atoms with Crippen molar-refractivity contribution in [3.8, 4) is 0 Å². The Balaban J connectivity index is 2.00. The summed E-state index contributed by atoms with van der Waals surface area (Å²) in [6.45, 7) is 0.150. The Morgan fingerprint density at radius 2 is 2.00 bits per heavy atom. The molecular weight excluding hydrogens is 312 g/mol. The summed E-state index contributed by atoms with van der Waals surface area (Å²) in [5, 5.41) is 16.8. The van der Waals surface area contributed by atoms with Gasteiger partial charge in [0.25, 0.3) is 6.43 Å². The highest BCUT2D eigenvalue weighted by atomic mass is 32.2. The summed E-state index contributed by atoms with van der Waals surface area (Å²) in [6.07, 6.45) is -1.62. The summed E-state index contributed by atoms with van der Waals surface area (Å²) in [5.41, 5.74) is 0. The van der Waals surface area contributed by atoms with E-state index in [2.05, 4.69) is 25.7 Å². The molecule has 0 aliphatic heterocycles. The number of aromatic nitrogens is 4. The molecule has 2 rings (SSSR count). The molecule has 0 amide bonds. The standard InChI is InChI=1S/C9H9F2N5O2S2/c1-20(17,18)7-3-2-5(13-15-7)12-4-6-14-16-9(19-6)8(10)11/h2-3,8H,4H2,1H3,(H,12,13). The molecule has 0 unspecified atom stereocenters. The lowest BCUT2D eigenvalue weighted by atomic mass is 10.5. The lowest BCUT2D eigenvalue weighted by Gasteiger charge is -2.02. The van der Waals surface area contributed by atoms with E-state index in [-0.39, 0.29) is 16.6 Å². The molecule has 0 aliphatic carbocycles. The zero-order valence-corrected chi connectivity index (χ0v) is 11.7. The highest BCUT2D eigenvalue weighted by molar-refractivity contribution is 7.90. The van der Waals surface area contributed by atoms with E-state index < -0.39 is 16.3 Å². The number of sulfone groups is 1. The maximum Gasteiger partial charge on any atom is 0.291 e. The molecular formula is C9H9F2N5O2S2. The number of anilines is 1.